The first kappa shape index (κ1) is 22.6. The number of carbonyl (C=O) groups excluding carboxylic acids is 2. The molecule has 3 aromatic rings. The Labute approximate surface area is 201 Å². The van der Waals surface area contributed by atoms with Crippen LogP contribution < -0.4 is 0 Å². The topological polar surface area (TPSA) is 53.5 Å². The fourth-order valence-corrected chi connectivity index (χ4v) is 6.03. The van der Waals surface area contributed by atoms with E-state index in [4.69, 9.17) is 0 Å². The van der Waals surface area contributed by atoms with E-state index < -0.39 is 5.41 Å². The van der Waals surface area contributed by atoms with E-state index in [1.807, 2.05) is 41.4 Å². The zero-order chi connectivity index (χ0) is 23.5. The molecule has 1 aromatic heterocycles. The Kier molecular flexibility index (Phi) is 6.36. The van der Waals surface area contributed by atoms with Crippen LogP contribution in [0.1, 0.15) is 43.7 Å². The molecule has 2 aromatic carbocycles. The summed E-state index contributed by atoms with van der Waals surface area (Å²) in [5.74, 6) is 0.499. The molecule has 0 bridgehead atoms. The van der Waals surface area contributed by atoms with Crippen molar-refractivity contribution in [3.63, 3.8) is 0 Å². The van der Waals surface area contributed by atoms with E-state index in [1.165, 1.54) is 5.56 Å². The Morgan fingerprint density at radius 2 is 1.65 bits per heavy atom. The lowest BCUT2D eigenvalue weighted by molar-refractivity contribution is -0.138. The second kappa shape index (κ2) is 9.57. The van der Waals surface area contributed by atoms with E-state index in [-0.39, 0.29) is 17.7 Å². The molecule has 0 spiro atoms. The van der Waals surface area contributed by atoms with E-state index in [2.05, 4.69) is 40.2 Å². The zero-order valence-corrected chi connectivity index (χ0v) is 20.0. The number of amides is 2. The van der Waals surface area contributed by atoms with Gasteiger partial charge in [0.05, 0.1) is 10.9 Å². The van der Waals surface area contributed by atoms with Crippen molar-refractivity contribution in [2.75, 3.05) is 26.2 Å². The lowest BCUT2D eigenvalue weighted by Crippen LogP contribution is -2.48. The molecule has 1 aliphatic carbocycles. The molecule has 2 amide bonds. The van der Waals surface area contributed by atoms with E-state index in [0.717, 1.165) is 48.6 Å². The molecule has 0 unspecified atom stereocenters. The van der Waals surface area contributed by atoms with Gasteiger partial charge in [-0.2, -0.15) is 0 Å². The van der Waals surface area contributed by atoms with Crippen LogP contribution in [-0.4, -0.2) is 52.8 Å². The van der Waals surface area contributed by atoms with Gasteiger partial charge in [0.15, 0.2) is 0 Å². The Hall–Kier alpha value is -3.21. The van der Waals surface area contributed by atoms with Crippen molar-refractivity contribution in [1.82, 2.24) is 14.8 Å². The highest BCUT2D eigenvalue weighted by atomic mass is 16.2. The van der Waals surface area contributed by atoms with Crippen molar-refractivity contribution in [3.05, 3.63) is 78.0 Å². The largest absolute Gasteiger partial charge is 0.341 e. The molecule has 5 rings (SSSR count). The molecular weight excluding hydrogens is 422 g/mol. The average molecular weight is 456 g/mol. The molecule has 5 nitrogen and oxygen atoms in total. The van der Waals surface area contributed by atoms with Gasteiger partial charge in [-0.05, 0) is 48.4 Å². The summed E-state index contributed by atoms with van der Waals surface area (Å²) in [6, 6.07) is 20.7. The quantitative estimate of drug-likeness (QED) is 0.578. The van der Waals surface area contributed by atoms with Gasteiger partial charge in [-0.15, -0.1) is 0 Å². The molecule has 0 radical (unpaired) electrons. The number of rotatable bonds is 4. The first-order chi connectivity index (χ1) is 16.6. The monoisotopic (exact) mass is 455 g/mol. The van der Waals surface area contributed by atoms with Gasteiger partial charge in [0, 0.05) is 44.7 Å². The predicted octanol–water partition coefficient (Wildman–Crippen LogP) is 4.60. The molecule has 1 aliphatic heterocycles. The van der Waals surface area contributed by atoms with E-state index in [1.54, 1.807) is 6.92 Å². The molecule has 1 saturated carbocycles. The molecule has 34 heavy (non-hydrogen) atoms. The third-order valence-electron chi connectivity index (χ3n) is 7.77. The molecule has 2 heterocycles. The lowest BCUT2D eigenvalue weighted by Gasteiger charge is -2.35. The van der Waals surface area contributed by atoms with Crippen molar-refractivity contribution in [2.24, 2.45) is 5.92 Å². The van der Waals surface area contributed by atoms with Crippen molar-refractivity contribution in [1.29, 1.82) is 0 Å². The number of fused-ring (bicyclic) bond motifs is 1. The first-order valence-electron chi connectivity index (χ1n) is 12.5. The number of aromatic nitrogens is 1. The summed E-state index contributed by atoms with van der Waals surface area (Å²) in [6.07, 6.45) is 6.61. The van der Waals surface area contributed by atoms with Gasteiger partial charge < -0.3 is 9.80 Å². The normalized spacial score (nSPS) is 20.3. The van der Waals surface area contributed by atoms with Gasteiger partial charge >= 0.3 is 0 Å². The lowest BCUT2D eigenvalue weighted by atomic mass is 9.77. The number of hydrogen-bond acceptors (Lipinski definition) is 3. The van der Waals surface area contributed by atoms with Crippen molar-refractivity contribution >= 4 is 22.7 Å². The van der Waals surface area contributed by atoms with Crippen LogP contribution in [0.25, 0.3) is 10.9 Å². The first-order valence-corrected chi connectivity index (χ1v) is 12.5. The Bertz CT molecular complexity index is 1160. The van der Waals surface area contributed by atoms with Crippen molar-refractivity contribution < 1.29 is 9.59 Å². The summed E-state index contributed by atoms with van der Waals surface area (Å²) in [5, 5.41) is 1.15. The van der Waals surface area contributed by atoms with Crippen LogP contribution in [-0.2, 0) is 21.4 Å². The van der Waals surface area contributed by atoms with E-state index >= 15 is 0 Å². The second-order valence-electron chi connectivity index (χ2n) is 9.93. The molecule has 5 heteroatoms. The average Bonchev–Trinajstić information content (AvgIpc) is 3.27. The molecular formula is C29H33N3O2. The summed E-state index contributed by atoms with van der Waals surface area (Å²) >= 11 is 0. The fourth-order valence-electron chi connectivity index (χ4n) is 6.03. The third kappa shape index (κ3) is 4.31. The number of benzene rings is 2. The van der Waals surface area contributed by atoms with Gasteiger partial charge in [-0.25, -0.2) is 0 Å². The molecule has 0 N–H and O–H groups in total. The number of nitrogens with zero attached hydrogens (tertiary/aromatic N) is 3. The number of carbonyl (C=O) groups is 2. The Balaban J connectivity index is 1.45. The maximum absolute atomic E-state index is 14.2. The summed E-state index contributed by atoms with van der Waals surface area (Å²) in [5.41, 5.74) is 2.92. The highest BCUT2D eigenvalue weighted by Gasteiger charge is 2.45. The standard InChI is InChI=1S/C29H33N3O2/c1-22(33)31-17-18-32(28(34)29(14-5-6-15-29)25-10-3-2-4-11-25)21-23(20-31)19-24-9-7-13-27-26(24)12-8-16-30-27/h2-4,7-13,16,23H,5-6,14-15,17-21H2,1H3/t23-/m1/s1. The summed E-state index contributed by atoms with van der Waals surface area (Å²) in [6.45, 7) is 4.18. The molecule has 1 saturated heterocycles. The van der Waals surface area contributed by atoms with Gasteiger partial charge in [0.2, 0.25) is 11.8 Å². The van der Waals surface area contributed by atoms with Crippen molar-refractivity contribution in [2.45, 2.75) is 44.4 Å². The SMILES string of the molecule is CC(=O)N1CCN(C(=O)C2(c3ccccc3)CCCC2)C[C@H](Cc2cccc3ncccc23)C1. The van der Waals surface area contributed by atoms with Gasteiger partial charge in [-0.1, -0.05) is 61.4 Å². The molecule has 1 atom stereocenters. The third-order valence-corrected chi connectivity index (χ3v) is 7.77. The van der Waals surface area contributed by atoms with E-state index in [9.17, 15) is 9.59 Å². The van der Waals surface area contributed by atoms with Crippen LogP contribution in [0.3, 0.4) is 0 Å². The fraction of sp³-hybridized carbons (Fsp3) is 0.414. The maximum atomic E-state index is 14.2. The van der Waals surface area contributed by atoms with Crippen LogP contribution in [0.4, 0.5) is 0 Å². The van der Waals surface area contributed by atoms with Gasteiger partial charge in [0.25, 0.3) is 0 Å². The predicted molar refractivity (Wildman–Crippen MR) is 134 cm³/mol. The Morgan fingerprint density at radius 3 is 2.41 bits per heavy atom. The second-order valence-corrected chi connectivity index (χ2v) is 9.93. The van der Waals surface area contributed by atoms with Crippen LogP contribution in [0, 0.1) is 5.92 Å². The minimum Gasteiger partial charge on any atom is -0.341 e. The van der Waals surface area contributed by atoms with Crippen molar-refractivity contribution in [3.8, 4) is 0 Å². The zero-order valence-electron chi connectivity index (χ0n) is 20.0. The minimum absolute atomic E-state index is 0.0810. The highest BCUT2D eigenvalue weighted by molar-refractivity contribution is 5.89. The Morgan fingerprint density at radius 1 is 0.912 bits per heavy atom. The summed E-state index contributed by atoms with van der Waals surface area (Å²) in [7, 11) is 0. The molecule has 2 fully saturated rings. The molecule has 176 valence electrons. The highest BCUT2D eigenvalue weighted by Crippen LogP contribution is 2.43. The van der Waals surface area contributed by atoms with Crippen LogP contribution >= 0.6 is 0 Å². The molecule has 2 aliphatic rings. The maximum Gasteiger partial charge on any atom is 0.233 e. The van der Waals surface area contributed by atoms with Crippen LogP contribution in [0.15, 0.2) is 66.9 Å². The summed E-state index contributed by atoms with van der Waals surface area (Å²) in [4.78, 5) is 35.1. The number of hydrogen-bond donors (Lipinski definition) is 0. The van der Waals surface area contributed by atoms with Gasteiger partial charge in [0.1, 0.15) is 0 Å². The van der Waals surface area contributed by atoms with Gasteiger partial charge in [-0.3, -0.25) is 14.6 Å². The van der Waals surface area contributed by atoms with Crippen LogP contribution in [0.5, 0.6) is 0 Å². The van der Waals surface area contributed by atoms with Crippen LogP contribution in [0.2, 0.25) is 0 Å². The smallest absolute Gasteiger partial charge is 0.233 e. The summed E-state index contributed by atoms with van der Waals surface area (Å²) < 4.78 is 0. The number of pyridine rings is 1. The van der Waals surface area contributed by atoms with E-state index in [0.29, 0.717) is 26.2 Å². The minimum atomic E-state index is -0.430.